The SMILES string of the molecule is CC(=O)Nc1ccc(OC(F)(F)F)c(Cl)c1/C=C/C(=O)N1CCN(Cc2ccc(F)cc2)C[C@H]1C. The number of carbonyl (C=O) groups is 2. The van der Waals surface area contributed by atoms with Gasteiger partial charge in [0.1, 0.15) is 11.6 Å². The van der Waals surface area contributed by atoms with Crippen LogP contribution in [0.25, 0.3) is 6.08 Å². The fourth-order valence-corrected chi connectivity index (χ4v) is 4.11. The largest absolute Gasteiger partial charge is 0.573 e. The summed E-state index contributed by atoms with van der Waals surface area (Å²) < 4.78 is 55.2. The number of benzene rings is 2. The molecule has 0 saturated carbocycles. The van der Waals surface area contributed by atoms with Crippen molar-refractivity contribution in [1.29, 1.82) is 0 Å². The summed E-state index contributed by atoms with van der Waals surface area (Å²) in [6.45, 7) is 5.34. The molecule has 1 aliphatic heterocycles. The van der Waals surface area contributed by atoms with Crippen LogP contribution in [0.4, 0.5) is 23.2 Å². The Balaban J connectivity index is 1.73. The third-order valence-electron chi connectivity index (χ3n) is 5.39. The van der Waals surface area contributed by atoms with Crippen molar-refractivity contribution in [2.75, 3.05) is 25.0 Å². The van der Waals surface area contributed by atoms with E-state index in [-0.39, 0.29) is 29.0 Å². The number of hydrogen-bond donors (Lipinski definition) is 1. The van der Waals surface area contributed by atoms with Gasteiger partial charge >= 0.3 is 6.36 Å². The van der Waals surface area contributed by atoms with Crippen molar-refractivity contribution in [2.45, 2.75) is 32.8 Å². The monoisotopic (exact) mass is 513 g/mol. The van der Waals surface area contributed by atoms with Crippen molar-refractivity contribution in [3.63, 3.8) is 0 Å². The van der Waals surface area contributed by atoms with E-state index in [0.717, 1.165) is 11.6 Å². The molecule has 2 amide bonds. The number of ether oxygens (including phenoxy) is 1. The van der Waals surface area contributed by atoms with E-state index >= 15 is 0 Å². The quantitative estimate of drug-likeness (QED) is 0.432. The number of rotatable bonds is 6. The molecule has 6 nitrogen and oxygen atoms in total. The number of anilines is 1. The Morgan fingerprint density at radius 3 is 2.46 bits per heavy atom. The first-order chi connectivity index (χ1) is 16.4. The molecule has 0 aliphatic carbocycles. The molecule has 1 N–H and O–H groups in total. The van der Waals surface area contributed by atoms with Gasteiger partial charge in [-0.2, -0.15) is 0 Å². The molecule has 1 saturated heterocycles. The first kappa shape index (κ1) is 26.5. The van der Waals surface area contributed by atoms with E-state index in [1.165, 1.54) is 37.3 Å². The predicted molar refractivity (Wildman–Crippen MR) is 124 cm³/mol. The van der Waals surface area contributed by atoms with Gasteiger partial charge in [-0.05, 0) is 42.8 Å². The Kier molecular flexibility index (Phi) is 8.39. The lowest BCUT2D eigenvalue weighted by molar-refractivity contribution is -0.274. The van der Waals surface area contributed by atoms with Gasteiger partial charge in [0.2, 0.25) is 11.8 Å². The summed E-state index contributed by atoms with van der Waals surface area (Å²) in [5.74, 6) is -1.77. The Labute approximate surface area is 205 Å². The van der Waals surface area contributed by atoms with E-state index in [2.05, 4.69) is 15.0 Å². The van der Waals surface area contributed by atoms with Crippen LogP contribution in [0.1, 0.15) is 25.0 Å². The Hall–Kier alpha value is -3.11. The van der Waals surface area contributed by atoms with Gasteiger partial charge in [0.05, 0.1) is 5.02 Å². The van der Waals surface area contributed by atoms with E-state index in [9.17, 15) is 27.2 Å². The van der Waals surface area contributed by atoms with Crippen molar-refractivity contribution < 1.29 is 31.9 Å². The molecule has 2 aromatic rings. The maximum atomic E-state index is 13.1. The van der Waals surface area contributed by atoms with Crippen LogP contribution in [0.15, 0.2) is 42.5 Å². The molecule has 0 bridgehead atoms. The fourth-order valence-electron chi connectivity index (χ4n) is 3.84. The maximum absolute atomic E-state index is 13.1. The maximum Gasteiger partial charge on any atom is 0.573 e. The predicted octanol–water partition coefficient (Wildman–Crippen LogP) is 5.08. The molecular weight excluding hydrogens is 490 g/mol. The molecule has 1 atom stereocenters. The standard InChI is InChI=1S/C24H24ClF4N3O3/c1-15-13-31(14-17-3-5-18(26)6-4-17)11-12-32(15)22(34)10-7-19-20(30-16(2)33)8-9-21(23(19)25)35-24(27,28)29/h3-10,15H,11-14H2,1-2H3,(H,30,33)/b10-7+/t15-/m1/s1. The molecule has 188 valence electrons. The van der Waals surface area contributed by atoms with Crippen molar-refractivity contribution in [3.05, 3.63) is 64.4 Å². The van der Waals surface area contributed by atoms with Gasteiger partial charge in [-0.3, -0.25) is 14.5 Å². The Morgan fingerprint density at radius 1 is 1.17 bits per heavy atom. The third kappa shape index (κ3) is 7.43. The zero-order valence-corrected chi connectivity index (χ0v) is 19.8. The second-order valence-corrected chi connectivity index (χ2v) is 8.52. The zero-order chi connectivity index (χ0) is 25.8. The summed E-state index contributed by atoms with van der Waals surface area (Å²) in [7, 11) is 0. The molecule has 35 heavy (non-hydrogen) atoms. The van der Waals surface area contributed by atoms with E-state index < -0.39 is 23.0 Å². The number of nitrogens with zero attached hydrogens (tertiary/aromatic N) is 2. The molecule has 0 spiro atoms. The van der Waals surface area contributed by atoms with Crippen molar-refractivity contribution in [2.24, 2.45) is 0 Å². The van der Waals surface area contributed by atoms with Gasteiger partial charge in [0.15, 0.2) is 0 Å². The van der Waals surface area contributed by atoms with Crippen molar-refractivity contribution >= 4 is 35.2 Å². The first-order valence-corrected chi connectivity index (χ1v) is 11.1. The lowest BCUT2D eigenvalue weighted by atomic mass is 10.1. The number of piperazine rings is 1. The zero-order valence-electron chi connectivity index (χ0n) is 19.0. The van der Waals surface area contributed by atoms with E-state index in [1.54, 1.807) is 17.0 Å². The highest BCUT2D eigenvalue weighted by molar-refractivity contribution is 6.34. The topological polar surface area (TPSA) is 61.9 Å². The number of amides is 2. The van der Waals surface area contributed by atoms with Crippen LogP contribution in [0.3, 0.4) is 0 Å². The summed E-state index contributed by atoms with van der Waals surface area (Å²) in [6, 6.07) is 8.29. The number of halogens is 5. The van der Waals surface area contributed by atoms with Gasteiger partial charge < -0.3 is 15.0 Å². The van der Waals surface area contributed by atoms with Gasteiger partial charge in [0.25, 0.3) is 0 Å². The van der Waals surface area contributed by atoms with Crippen molar-refractivity contribution in [3.8, 4) is 5.75 Å². The minimum Gasteiger partial charge on any atom is -0.404 e. The van der Waals surface area contributed by atoms with Crippen LogP contribution < -0.4 is 10.1 Å². The van der Waals surface area contributed by atoms with Crippen LogP contribution in [0.5, 0.6) is 5.75 Å². The third-order valence-corrected chi connectivity index (χ3v) is 5.78. The summed E-state index contributed by atoms with van der Waals surface area (Å²) in [5.41, 5.74) is 1.11. The lowest BCUT2D eigenvalue weighted by Crippen LogP contribution is -2.53. The van der Waals surface area contributed by atoms with Crippen LogP contribution in [0.2, 0.25) is 5.02 Å². The van der Waals surface area contributed by atoms with Crippen LogP contribution in [0, 0.1) is 5.82 Å². The number of carbonyl (C=O) groups excluding carboxylic acids is 2. The molecule has 1 aliphatic rings. The molecule has 1 heterocycles. The van der Waals surface area contributed by atoms with Crippen LogP contribution in [-0.2, 0) is 16.1 Å². The highest BCUT2D eigenvalue weighted by atomic mass is 35.5. The van der Waals surface area contributed by atoms with E-state index in [0.29, 0.717) is 26.2 Å². The van der Waals surface area contributed by atoms with Crippen molar-refractivity contribution in [1.82, 2.24) is 9.80 Å². The minimum absolute atomic E-state index is 0.0135. The van der Waals surface area contributed by atoms with E-state index in [4.69, 9.17) is 11.6 Å². The average Bonchev–Trinajstić information content (AvgIpc) is 2.76. The highest BCUT2D eigenvalue weighted by Crippen LogP contribution is 2.37. The van der Waals surface area contributed by atoms with Gasteiger partial charge in [0, 0.05) is 56.5 Å². The van der Waals surface area contributed by atoms with Gasteiger partial charge in [-0.25, -0.2) is 4.39 Å². The van der Waals surface area contributed by atoms with E-state index in [1.807, 2.05) is 6.92 Å². The summed E-state index contributed by atoms with van der Waals surface area (Å²) in [4.78, 5) is 28.2. The smallest absolute Gasteiger partial charge is 0.404 e. The highest BCUT2D eigenvalue weighted by Gasteiger charge is 2.33. The Morgan fingerprint density at radius 2 is 1.86 bits per heavy atom. The molecule has 0 radical (unpaired) electrons. The molecule has 0 unspecified atom stereocenters. The molecule has 1 fully saturated rings. The number of alkyl halides is 3. The van der Waals surface area contributed by atoms with Gasteiger partial charge in [-0.15, -0.1) is 13.2 Å². The van der Waals surface area contributed by atoms with Crippen LogP contribution in [-0.4, -0.2) is 53.7 Å². The molecule has 11 heteroatoms. The average molecular weight is 514 g/mol. The second-order valence-electron chi connectivity index (χ2n) is 8.14. The molecular formula is C24H24ClF4N3O3. The number of nitrogens with one attached hydrogen (secondary N) is 1. The second kappa shape index (κ2) is 11.1. The fraction of sp³-hybridized carbons (Fsp3) is 0.333. The molecule has 2 aromatic carbocycles. The molecule has 0 aromatic heterocycles. The number of hydrogen-bond acceptors (Lipinski definition) is 4. The first-order valence-electron chi connectivity index (χ1n) is 10.7. The molecule has 3 rings (SSSR count). The normalized spacial score (nSPS) is 17.0. The summed E-state index contributed by atoms with van der Waals surface area (Å²) in [5, 5.41) is 2.09. The Bertz CT molecular complexity index is 1110. The minimum atomic E-state index is -4.96. The summed E-state index contributed by atoms with van der Waals surface area (Å²) >= 11 is 6.12. The lowest BCUT2D eigenvalue weighted by Gasteiger charge is -2.39. The van der Waals surface area contributed by atoms with Gasteiger partial charge in [-0.1, -0.05) is 23.7 Å². The summed E-state index contributed by atoms with van der Waals surface area (Å²) in [6.07, 6.45) is -2.49. The van der Waals surface area contributed by atoms with Crippen LogP contribution >= 0.6 is 11.6 Å².